The summed E-state index contributed by atoms with van der Waals surface area (Å²) in [5, 5.41) is 30.9. The Balaban J connectivity index is 2.56. The summed E-state index contributed by atoms with van der Waals surface area (Å²) in [4.78, 5) is 19.9. The van der Waals surface area contributed by atoms with Crippen LogP contribution in [0.2, 0.25) is 0 Å². The summed E-state index contributed by atoms with van der Waals surface area (Å²) in [6.45, 7) is 0. The SMILES string of the molecule is O=[N+]([O-])c1cc2c(cc1[N+](=O)[O-])CC(O)CC2. The normalized spacial score (nSPS) is 18.5. The summed E-state index contributed by atoms with van der Waals surface area (Å²) >= 11 is 0. The van der Waals surface area contributed by atoms with Gasteiger partial charge in [-0.1, -0.05) is 0 Å². The fourth-order valence-electron chi connectivity index (χ4n) is 2.06. The molecular formula is C10H10N2O5. The topological polar surface area (TPSA) is 107 Å². The van der Waals surface area contributed by atoms with Crippen molar-refractivity contribution in [2.75, 3.05) is 0 Å². The Morgan fingerprint density at radius 2 is 1.65 bits per heavy atom. The first kappa shape index (κ1) is 11.5. The first-order valence-corrected chi connectivity index (χ1v) is 5.11. The van der Waals surface area contributed by atoms with Crippen molar-refractivity contribution in [3.63, 3.8) is 0 Å². The Hall–Kier alpha value is -2.02. The number of benzene rings is 1. The maximum atomic E-state index is 10.7. The molecule has 0 radical (unpaired) electrons. The highest BCUT2D eigenvalue weighted by Crippen LogP contribution is 2.33. The number of aliphatic hydroxyl groups excluding tert-OH is 1. The third kappa shape index (κ3) is 2.09. The quantitative estimate of drug-likeness (QED) is 0.618. The lowest BCUT2D eigenvalue weighted by atomic mass is 9.89. The average molecular weight is 238 g/mol. The van der Waals surface area contributed by atoms with E-state index in [0.717, 1.165) is 0 Å². The smallest absolute Gasteiger partial charge is 0.346 e. The molecule has 1 unspecified atom stereocenters. The highest BCUT2D eigenvalue weighted by Gasteiger charge is 2.29. The molecule has 0 fully saturated rings. The van der Waals surface area contributed by atoms with Crippen LogP contribution in [0.3, 0.4) is 0 Å². The summed E-state index contributed by atoms with van der Waals surface area (Å²) in [5.74, 6) is 0. The predicted octanol–water partition coefficient (Wildman–Crippen LogP) is 1.35. The van der Waals surface area contributed by atoms with Crippen LogP contribution in [0.25, 0.3) is 0 Å². The van der Waals surface area contributed by atoms with Gasteiger partial charge in [-0.3, -0.25) is 20.2 Å². The van der Waals surface area contributed by atoms with E-state index >= 15 is 0 Å². The van der Waals surface area contributed by atoms with Gasteiger partial charge >= 0.3 is 11.4 Å². The Kier molecular flexibility index (Phi) is 2.76. The predicted molar refractivity (Wildman–Crippen MR) is 57.8 cm³/mol. The molecule has 1 atom stereocenters. The molecule has 17 heavy (non-hydrogen) atoms. The van der Waals surface area contributed by atoms with Crippen molar-refractivity contribution >= 4 is 11.4 Å². The standard InChI is InChI=1S/C10H10N2O5/c13-8-2-1-6-4-9(11(14)15)10(12(16)17)5-7(6)3-8/h4-5,8,13H,1-3H2. The Bertz CT molecular complexity index is 500. The monoisotopic (exact) mass is 238 g/mol. The van der Waals surface area contributed by atoms with Crippen molar-refractivity contribution in [2.24, 2.45) is 0 Å². The van der Waals surface area contributed by atoms with E-state index in [1.54, 1.807) is 0 Å². The van der Waals surface area contributed by atoms with Gasteiger partial charge in [0, 0.05) is 12.1 Å². The van der Waals surface area contributed by atoms with E-state index in [0.29, 0.717) is 30.4 Å². The van der Waals surface area contributed by atoms with Gasteiger partial charge < -0.3 is 5.11 Å². The molecule has 0 heterocycles. The molecule has 0 spiro atoms. The fourth-order valence-corrected chi connectivity index (χ4v) is 2.06. The van der Waals surface area contributed by atoms with Crippen LogP contribution in [0.1, 0.15) is 17.5 Å². The second-order valence-corrected chi connectivity index (χ2v) is 4.02. The fraction of sp³-hybridized carbons (Fsp3) is 0.400. The number of aliphatic hydroxyl groups is 1. The molecule has 0 aromatic heterocycles. The minimum absolute atomic E-state index is 0.314. The van der Waals surface area contributed by atoms with Gasteiger partial charge in [0.1, 0.15) is 0 Å². The number of nitro benzene ring substituents is 2. The second kappa shape index (κ2) is 4.10. The lowest BCUT2D eigenvalue weighted by molar-refractivity contribution is -0.422. The lowest BCUT2D eigenvalue weighted by Gasteiger charge is -2.19. The molecule has 0 saturated heterocycles. The van der Waals surface area contributed by atoms with Gasteiger partial charge in [0.15, 0.2) is 0 Å². The minimum atomic E-state index is -0.764. The first-order chi connectivity index (χ1) is 7.99. The highest BCUT2D eigenvalue weighted by molar-refractivity contribution is 5.57. The molecule has 1 aromatic carbocycles. The van der Waals surface area contributed by atoms with Crippen LogP contribution >= 0.6 is 0 Å². The Labute approximate surface area is 96.0 Å². The van der Waals surface area contributed by atoms with Gasteiger partial charge in [0.05, 0.1) is 16.0 Å². The van der Waals surface area contributed by atoms with Crippen molar-refractivity contribution in [1.29, 1.82) is 0 Å². The molecule has 0 aliphatic heterocycles. The number of nitrogens with zero attached hydrogens (tertiary/aromatic N) is 2. The Morgan fingerprint density at radius 3 is 2.18 bits per heavy atom. The van der Waals surface area contributed by atoms with E-state index in [-0.39, 0.29) is 0 Å². The molecule has 0 amide bonds. The van der Waals surface area contributed by atoms with Crippen LogP contribution in [0.4, 0.5) is 11.4 Å². The largest absolute Gasteiger partial charge is 0.393 e. The lowest BCUT2D eigenvalue weighted by Crippen LogP contribution is -2.19. The van der Waals surface area contributed by atoms with Crippen LogP contribution in [-0.2, 0) is 12.8 Å². The number of nitro groups is 2. The number of hydrogen-bond donors (Lipinski definition) is 1. The number of fused-ring (bicyclic) bond motifs is 1. The zero-order chi connectivity index (χ0) is 12.6. The van der Waals surface area contributed by atoms with Crippen molar-refractivity contribution in [3.05, 3.63) is 43.5 Å². The first-order valence-electron chi connectivity index (χ1n) is 5.11. The number of aryl methyl sites for hydroxylation is 1. The van der Waals surface area contributed by atoms with Gasteiger partial charge in [0.2, 0.25) is 0 Å². The average Bonchev–Trinajstić information content (AvgIpc) is 2.26. The number of rotatable bonds is 2. The maximum absolute atomic E-state index is 10.7. The van der Waals surface area contributed by atoms with Crippen molar-refractivity contribution in [3.8, 4) is 0 Å². The van der Waals surface area contributed by atoms with E-state index in [9.17, 15) is 25.3 Å². The highest BCUT2D eigenvalue weighted by atomic mass is 16.6. The molecule has 0 saturated carbocycles. The molecule has 1 aromatic rings. The van der Waals surface area contributed by atoms with Crippen LogP contribution in [-0.4, -0.2) is 21.1 Å². The van der Waals surface area contributed by atoms with Crippen LogP contribution in [0.5, 0.6) is 0 Å². The Morgan fingerprint density at radius 1 is 1.12 bits per heavy atom. The summed E-state index contributed by atoms with van der Waals surface area (Å²) in [7, 11) is 0. The molecule has 90 valence electrons. The molecule has 1 aliphatic carbocycles. The van der Waals surface area contributed by atoms with Gasteiger partial charge in [-0.05, 0) is 30.4 Å². The van der Waals surface area contributed by atoms with E-state index in [2.05, 4.69) is 0 Å². The molecule has 2 rings (SSSR count). The molecular weight excluding hydrogens is 228 g/mol. The third-order valence-corrected chi connectivity index (χ3v) is 2.89. The van der Waals surface area contributed by atoms with E-state index in [4.69, 9.17) is 0 Å². The molecule has 7 heteroatoms. The third-order valence-electron chi connectivity index (χ3n) is 2.89. The van der Waals surface area contributed by atoms with Crippen molar-refractivity contribution < 1.29 is 15.0 Å². The molecule has 0 bridgehead atoms. The maximum Gasteiger partial charge on any atom is 0.346 e. The van der Waals surface area contributed by atoms with E-state index in [1.807, 2.05) is 0 Å². The summed E-state index contributed by atoms with van der Waals surface area (Å²) in [6, 6.07) is 2.45. The van der Waals surface area contributed by atoms with Gasteiger partial charge in [-0.15, -0.1) is 0 Å². The van der Waals surface area contributed by atoms with Gasteiger partial charge in [-0.2, -0.15) is 0 Å². The van der Waals surface area contributed by atoms with Crippen LogP contribution in [0.15, 0.2) is 12.1 Å². The molecule has 1 N–H and O–H groups in total. The zero-order valence-corrected chi connectivity index (χ0v) is 8.83. The van der Waals surface area contributed by atoms with Gasteiger partial charge in [0.25, 0.3) is 0 Å². The summed E-state index contributed by atoms with van der Waals surface area (Å²) in [5.41, 5.74) is 0.349. The minimum Gasteiger partial charge on any atom is -0.393 e. The molecule has 1 aliphatic rings. The second-order valence-electron chi connectivity index (χ2n) is 4.02. The van der Waals surface area contributed by atoms with Crippen LogP contribution < -0.4 is 0 Å². The zero-order valence-electron chi connectivity index (χ0n) is 8.83. The summed E-state index contributed by atoms with van der Waals surface area (Å²) in [6.07, 6.45) is 0.828. The number of hydrogen-bond acceptors (Lipinski definition) is 5. The van der Waals surface area contributed by atoms with Crippen LogP contribution in [0, 0.1) is 20.2 Å². The summed E-state index contributed by atoms with van der Waals surface area (Å²) < 4.78 is 0. The van der Waals surface area contributed by atoms with Crippen molar-refractivity contribution in [2.45, 2.75) is 25.4 Å². The van der Waals surface area contributed by atoms with Gasteiger partial charge in [-0.25, -0.2) is 0 Å². The van der Waals surface area contributed by atoms with E-state index in [1.165, 1.54) is 12.1 Å². The molecule has 7 nitrogen and oxygen atoms in total. The van der Waals surface area contributed by atoms with E-state index < -0.39 is 27.3 Å². The van der Waals surface area contributed by atoms with Crippen molar-refractivity contribution in [1.82, 2.24) is 0 Å².